The molecule has 0 bridgehead atoms. The molecule has 0 amide bonds. The van der Waals surface area contributed by atoms with Crippen molar-refractivity contribution in [2.45, 2.75) is 11.8 Å². The van der Waals surface area contributed by atoms with Crippen molar-refractivity contribution in [1.29, 1.82) is 0 Å². The minimum atomic E-state index is -3.83. The maximum absolute atomic E-state index is 15.7. The standard InChI is InChI=1S/C24H14F8N2O2/c25-15-9-14(16(26)18(28)17(15)27)24(36-13-6-2-4-11(34)8-13)22(31)19(29)21(20(30)23(24)32)35-12-5-1-3-10(33)7-12/h1-9,22H,33-34H2. The van der Waals surface area contributed by atoms with Crippen molar-refractivity contribution < 1.29 is 44.6 Å². The average molecular weight is 514 g/mol. The molecular formula is C24H14F8N2O2. The molecule has 2 unspecified atom stereocenters. The Kier molecular flexibility index (Phi) is 6.29. The average Bonchev–Trinajstić information content (AvgIpc) is 2.84. The van der Waals surface area contributed by atoms with Crippen molar-refractivity contribution in [3.8, 4) is 11.5 Å². The fourth-order valence-corrected chi connectivity index (χ4v) is 3.58. The Morgan fingerprint density at radius 3 is 1.92 bits per heavy atom. The molecule has 4 rings (SSSR count). The van der Waals surface area contributed by atoms with E-state index in [4.69, 9.17) is 20.9 Å². The number of hydrogen-bond donors (Lipinski definition) is 2. The summed E-state index contributed by atoms with van der Waals surface area (Å²) in [5, 5.41) is 0. The molecule has 0 saturated carbocycles. The van der Waals surface area contributed by atoms with E-state index in [1.807, 2.05) is 0 Å². The van der Waals surface area contributed by atoms with E-state index in [-0.39, 0.29) is 23.2 Å². The molecule has 0 heterocycles. The van der Waals surface area contributed by atoms with Crippen molar-refractivity contribution in [3.05, 3.63) is 107 Å². The first kappa shape index (κ1) is 24.9. The van der Waals surface area contributed by atoms with Gasteiger partial charge in [0.05, 0.1) is 0 Å². The van der Waals surface area contributed by atoms with Gasteiger partial charge < -0.3 is 20.9 Å². The monoisotopic (exact) mass is 514 g/mol. The van der Waals surface area contributed by atoms with Gasteiger partial charge in [-0.3, -0.25) is 0 Å². The molecule has 0 spiro atoms. The summed E-state index contributed by atoms with van der Waals surface area (Å²) in [6.07, 6.45) is -3.49. The van der Waals surface area contributed by atoms with Gasteiger partial charge in [0.1, 0.15) is 11.5 Å². The second-order valence-electron chi connectivity index (χ2n) is 7.60. The summed E-state index contributed by atoms with van der Waals surface area (Å²) < 4.78 is 128. The number of allylic oxidation sites excluding steroid dienone is 1. The molecule has 0 aliphatic heterocycles. The lowest BCUT2D eigenvalue weighted by molar-refractivity contribution is -0.00939. The van der Waals surface area contributed by atoms with Crippen LogP contribution in [0.4, 0.5) is 46.5 Å². The first-order valence-corrected chi connectivity index (χ1v) is 9.98. The van der Waals surface area contributed by atoms with Gasteiger partial charge in [-0.1, -0.05) is 12.1 Å². The highest BCUT2D eigenvalue weighted by Gasteiger charge is 2.59. The molecule has 188 valence electrons. The number of hydrogen-bond acceptors (Lipinski definition) is 4. The Balaban J connectivity index is 1.96. The number of benzene rings is 3. The third-order valence-corrected chi connectivity index (χ3v) is 5.23. The lowest BCUT2D eigenvalue weighted by Gasteiger charge is -2.38. The minimum Gasteiger partial charge on any atom is -0.471 e. The molecule has 0 fully saturated rings. The number of nitrogens with two attached hydrogens (primary N) is 2. The van der Waals surface area contributed by atoms with Crippen molar-refractivity contribution in [3.63, 3.8) is 0 Å². The third-order valence-electron chi connectivity index (χ3n) is 5.23. The summed E-state index contributed by atoms with van der Waals surface area (Å²) in [7, 11) is 0. The zero-order valence-corrected chi connectivity index (χ0v) is 17.8. The second-order valence-corrected chi connectivity index (χ2v) is 7.60. The van der Waals surface area contributed by atoms with Crippen molar-refractivity contribution in [2.24, 2.45) is 0 Å². The zero-order valence-electron chi connectivity index (χ0n) is 17.8. The quantitative estimate of drug-likeness (QED) is 0.178. The van der Waals surface area contributed by atoms with Gasteiger partial charge in [0.15, 0.2) is 34.9 Å². The summed E-state index contributed by atoms with van der Waals surface area (Å²) >= 11 is 0. The van der Waals surface area contributed by atoms with E-state index >= 15 is 17.6 Å². The van der Waals surface area contributed by atoms with E-state index in [9.17, 15) is 17.6 Å². The van der Waals surface area contributed by atoms with Crippen molar-refractivity contribution >= 4 is 11.4 Å². The Bertz CT molecular complexity index is 1430. The summed E-state index contributed by atoms with van der Waals surface area (Å²) in [6, 6.07) is 9.22. The van der Waals surface area contributed by atoms with Crippen molar-refractivity contribution in [2.75, 3.05) is 11.5 Å². The third kappa shape index (κ3) is 3.97. The van der Waals surface area contributed by atoms with Crippen LogP contribution >= 0.6 is 0 Å². The van der Waals surface area contributed by atoms with Crippen LogP contribution in [0.2, 0.25) is 0 Å². The summed E-state index contributed by atoms with van der Waals surface area (Å²) in [5.74, 6) is -18.5. The first-order valence-electron chi connectivity index (χ1n) is 9.98. The Hall–Kier alpha value is -4.22. The van der Waals surface area contributed by atoms with Gasteiger partial charge in [-0.15, -0.1) is 0 Å². The highest BCUT2D eigenvalue weighted by atomic mass is 19.2. The molecule has 0 radical (unpaired) electrons. The molecule has 12 heteroatoms. The predicted molar refractivity (Wildman–Crippen MR) is 113 cm³/mol. The molecule has 36 heavy (non-hydrogen) atoms. The number of halogens is 8. The van der Waals surface area contributed by atoms with E-state index in [0.717, 1.165) is 24.3 Å². The Labute approximate surface area is 198 Å². The van der Waals surface area contributed by atoms with Gasteiger partial charge in [0.2, 0.25) is 23.4 Å². The van der Waals surface area contributed by atoms with Gasteiger partial charge in [0, 0.05) is 29.1 Å². The molecule has 1 aliphatic rings. The second kappa shape index (κ2) is 9.10. The molecule has 4 N–H and O–H groups in total. The topological polar surface area (TPSA) is 70.5 Å². The van der Waals surface area contributed by atoms with Crippen LogP contribution < -0.4 is 20.9 Å². The zero-order chi connectivity index (χ0) is 26.4. The predicted octanol–water partition coefficient (Wildman–Crippen LogP) is 6.44. The molecule has 1 aliphatic carbocycles. The number of alkyl halides is 1. The van der Waals surface area contributed by atoms with Gasteiger partial charge in [-0.25, -0.2) is 30.7 Å². The van der Waals surface area contributed by atoms with Crippen LogP contribution in [0, 0.1) is 23.3 Å². The summed E-state index contributed by atoms with van der Waals surface area (Å²) in [4.78, 5) is 0. The van der Waals surface area contributed by atoms with Gasteiger partial charge in [0.25, 0.3) is 0 Å². The lowest BCUT2D eigenvalue weighted by atomic mass is 9.82. The Morgan fingerprint density at radius 2 is 1.31 bits per heavy atom. The smallest absolute Gasteiger partial charge is 0.229 e. The van der Waals surface area contributed by atoms with E-state index in [1.54, 1.807) is 0 Å². The molecule has 3 aromatic rings. The van der Waals surface area contributed by atoms with Crippen LogP contribution in [0.5, 0.6) is 11.5 Å². The normalized spacial score (nSPS) is 20.1. The highest BCUT2D eigenvalue weighted by Crippen LogP contribution is 2.51. The van der Waals surface area contributed by atoms with Crippen LogP contribution in [0.1, 0.15) is 5.56 Å². The van der Waals surface area contributed by atoms with Crippen LogP contribution in [0.25, 0.3) is 0 Å². The van der Waals surface area contributed by atoms with Gasteiger partial charge in [-0.05, 0) is 30.3 Å². The minimum absolute atomic E-state index is 0.0580. The van der Waals surface area contributed by atoms with Crippen LogP contribution in [-0.2, 0) is 5.60 Å². The fourth-order valence-electron chi connectivity index (χ4n) is 3.58. The SMILES string of the molecule is Nc1cccc(OC2=C(F)C(F)C(Oc3cccc(N)c3)(c3cc(F)c(F)c(F)c3F)C(F)=C2F)c1. The highest BCUT2D eigenvalue weighted by molar-refractivity contribution is 5.51. The maximum atomic E-state index is 15.7. The van der Waals surface area contributed by atoms with Crippen LogP contribution in [0.3, 0.4) is 0 Å². The molecule has 4 nitrogen and oxygen atoms in total. The van der Waals surface area contributed by atoms with E-state index in [0.29, 0.717) is 0 Å². The van der Waals surface area contributed by atoms with E-state index < -0.39 is 69.6 Å². The largest absolute Gasteiger partial charge is 0.471 e. The Morgan fingerprint density at radius 1 is 0.722 bits per heavy atom. The number of nitrogen functional groups attached to an aromatic ring is 2. The first-order chi connectivity index (χ1) is 17.0. The molecule has 0 aromatic heterocycles. The molecule has 0 saturated heterocycles. The summed E-state index contributed by atoms with van der Waals surface area (Å²) in [6.45, 7) is 0. The number of anilines is 2. The van der Waals surface area contributed by atoms with Gasteiger partial charge in [-0.2, -0.15) is 4.39 Å². The fraction of sp³-hybridized carbons (Fsp3) is 0.0833. The van der Waals surface area contributed by atoms with Crippen LogP contribution in [-0.4, -0.2) is 6.17 Å². The molecular weight excluding hydrogens is 500 g/mol. The molecule has 2 atom stereocenters. The maximum Gasteiger partial charge on any atom is 0.229 e. The van der Waals surface area contributed by atoms with Crippen molar-refractivity contribution in [1.82, 2.24) is 0 Å². The van der Waals surface area contributed by atoms with Gasteiger partial charge >= 0.3 is 0 Å². The van der Waals surface area contributed by atoms with E-state index in [1.165, 1.54) is 24.3 Å². The molecule has 3 aromatic carbocycles. The summed E-state index contributed by atoms with van der Waals surface area (Å²) in [5.41, 5.74) is 5.60. The number of rotatable bonds is 5. The number of ether oxygens (including phenoxy) is 2. The van der Waals surface area contributed by atoms with Crippen LogP contribution in [0.15, 0.2) is 77.8 Å². The van der Waals surface area contributed by atoms with E-state index in [2.05, 4.69) is 0 Å². The lowest BCUT2D eigenvalue weighted by Crippen LogP contribution is -2.48.